The smallest absolute Gasteiger partial charge is 0.329 e. The topological polar surface area (TPSA) is 93.7 Å². The fourth-order valence-corrected chi connectivity index (χ4v) is 2.59. The van der Waals surface area contributed by atoms with Crippen LogP contribution >= 0.6 is 0 Å². The van der Waals surface area contributed by atoms with Gasteiger partial charge in [0.1, 0.15) is 17.6 Å². The monoisotopic (exact) mass is 416 g/mol. The van der Waals surface area contributed by atoms with E-state index in [1.54, 1.807) is 38.1 Å². The summed E-state index contributed by atoms with van der Waals surface area (Å²) in [7, 11) is 0. The number of rotatable bonds is 9. The van der Waals surface area contributed by atoms with E-state index in [4.69, 9.17) is 9.47 Å². The Morgan fingerprint density at radius 2 is 1.70 bits per heavy atom. The number of carbonyl (C=O) groups excluding carboxylic acids is 3. The molecule has 0 aliphatic carbocycles. The molecule has 0 saturated carbocycles. The van der Waals surface area contributed by atoms with E-state index < -0.39 is 36.2 Å². The molecule has 0 aliphatic rings. The molecule has 2 aromatic carbocycles. The summed E-state index contributed by atoms with van der Waals surface area (Å²) in [6.45, 7) is 5.21. The highest BCUT2D eigenvalue weighted by atomic mass is 19.1. The summed E-state index contributed by atoms with van der Waals surface area (Å²) in [5.41, 5.74) is 0.672. The number of carbonyl (C=O) groups is 3. The number of hydrogen-bond donors (Lipinski definition) is 2. The normalized spacial score (nSPS) is 11.5. The van der Waals surface area contributed by atoms with Crippen molar-refractivity contribution in [2.45, 2.75) is 26.8 Å². The zero-order valence-electron chi connectivity index (χ0n) is 17.1. The van der Waals surface area contributed by atoms with Crippen LogP contribution in [0.1, 0.15) is 31.1 Å². The number of halogens is 1. The third kappa shape index (κ3) is 6.58. The lowest BCUT2D eigenvalue weighted by Crippen LogP contribution is -2.45. The number of nitrogens with one attached hydrogen (secondary N) is 2. The summed E-state index contributed by atoms with van der Waals surface area (Å²) in [6.07, 6.45) is 0. The third-order valence-electron chi connectivity index (χ3n) is 4.12. The van der Waals surface area contributed by atoms with Crippen LogP contribution in [0.4, 0.5) is 10.1 Å². The van der Waals surface area contributed by atoms with E-state index in [1.165, 1.54) is 12.1 Å². The summed E-state index contributed by atoms with van der Waals surface area (Å²) < 4.78 is 23.5. The largest absolute Gasteiger partial charge is 0.492 e. The molecule has 0 fully saturated rings. The standard InChI is InChI=1S/C22H25FN2O5/c1-4-29-18-8-6-5-7-17(18)24-19(26)13-30-22(28)20(14(2)3)25-21(27)15-9-11-16(23)12-10-15/h5-12,14,20H,4,13H2,1-3H3,(H,24,26)(H,25,27)/t20-/m0/s1. The quantitative estimate of drug-likeness (QED) is 0.613. The third-order valence-corrected chi connectivity index (χ3v) is 4.12. The maximum atomic E-state index is 13.0. The van der Waals surface area contributed by atoms with Crippen molar-refractivity contribution in [3.05, 3.63) is 59.9 Å². The number of amides is 2. The molecule has 8 heteroatoms. The van der Waals surface area contributed by atoms with Gasteiger partial charge in [-0.1, -0.05) is 26.0 Å². The molecule has 0 aromatic heterocycles. The molecular weight excluding hydrogens is 391 g/mol. The van der Waals surface area contributed by atoms with Crippen molar-refractivity contribution in [1.29, 1.82) is 0 Å². The van der Waals surface area contributed by atoms with Crippen LogP contribution < -0.4 is 15.4 Å². The van der Waals surface area contributed by atoms with E-state index in [1.807, 2.05) is 6.92 Å². The molecular formula is C22H25FN2O5. The summed E-state index contributed by atoms with van der Waals surface area (Å²) in [5.74, 6) is -2.07. The Morgan fingerprint density at radius 3 is 2.33 bits per heavy atom. The van der Waals surface area contributed by atoms with E-state index in [0.29, 0.717) is 18.0 Å². The Kier molecular flexibility index (Phi) is 8.34. The molecule has 2 aromatic rings. The summed E-state index contributed by atoms with van der Waals surface area (Å²) in [4.78, 5) is 36.9. The zero-order chi connectivity index (χ0) is 22.1. The second-order valence-electron chi connectivity index (χ2n) is 6.79. The predicted octanol–water partition coefficient (Wildman–Crippen LogP) is 3.16. The molecule has 0 bridgehead atoms. The number of hydrogen-bond acceptors (Lipinski definition) is 5. The van der Waals surface area contributed by atoms with Crippen LogP contribution in [-0.4, -0.2) is 37.0 Å². The molecule has 1 atom stereocenters. The Hall–Kier alpha value is -3.42. The predicted molar refractivity (Wildman–Crippen MR) is 110 cm³/mol. The molecule has 2 N–H and O–H groups in total. The van der Waals surface area contributed by atoms with Crippen molar-refractivity contribution < 1.29 is 28.2 Å². The summed E-state index contributed by atoms with van der Waals surface area (Å²) in [5, 5.41) is 5.19. The number of ether oxygens (including phenoxy) is 2. The van der Waals surface area contributed by atoms with E-state index in [0.717, 1.165) is 12.1 Å². The maximum Gasteiger partial charge on any atom is 0.329 e. The highest BCUT2D eigenvalue weighted by Gasteiger charge is 2.27. The van der Waals surface area contributed by atoms with E-state index in [9.17, 15) is 18.8 Å². The average Bonchev–Trinajstić information content (AvgIpc) is 2.72. The minimum atomic E-state index is -0.967. The van der Waals surface area contributed by atoms with Crippen molar-refractivity contribution in [3.8, 4) is 5.75 Å². The number of esters is 1. The van der Waals surface area contributed by atoms with Gasteiger partial charge in [0.15, 0.2) is 6.61 Å². The van der Waals surface area contributed by atoms with Crippen LogP contribution in [-0.2, 0) is 14.3 Å². The lowest BCUT2D eigenvalue weighted by atomic mass is 10.0. The van der Waals surface area contributed by atoms with Crippen molar-refractivity contribution in [2.24, 2.45) is 5.92 Å². The molecule has 2 rings (SSSR count). The number of anilines is 1. The van der Waals surface area contributed by atoms with Gasteiger partial charge in [-0.2, -0.15) is 0 Å². The molecule has 0 radical (unpaired) electrons. The highest BCUT2D eigenvalue weighted by Crippen LogP contribution is 2.23. The molecule has 0 unspecified atom stereocenters. The first-order valence-corrected chi connectivity index (χ1v) is 9.56. The Balaban J connectivity index is 1.94. The maximum absolute atomic E-state index is 13.0. The van der Waals surface area contributed by atoms with Gasteiger partial charge >= 0.3 is 5.97 Å². The average molecular weight is 416 g/mol. The van der Waals surface area contributed by atoms with Gasteiger partial charge in [0.2, 0.25) is 0 Å². The van der Waals surface area contributed by atoms with Gasteiger partial charge < -0.3 is 20.1 Å². The van der Waals surface area contributed by atoms with Crippen LogP contribution in [0.2, 0.25) is 0 Å². The molecule has 0 heterocycles. The minimum absolute atomic E-state index is 0.208. The molecule has 0 spiro atoms. The molecule has 0 saturated heterocycles. The second-order valence-corrected chi connectivity index (χ2v) is 6.79. The van der Waals surface area contributed by atoms with Crippen molar-refractivity contribution in [1.82, 2.24) is 5.32 Å². The number of benzene rings is 2. The SMILES string of the molecule is CCOc1ccccc1NC(=O)COC(=O)[C@@H](NC(=O)c1ccc(F)cc1)C(C)C. The lowest BCUT2D eigenvalue weighted by molar-refractivity contribution is -0.150. The molecule has 0 aliphatic heterocycles. The van der Waals surface area contributed by atoms with Crippen LogP contribution in [0.15, 0.2) is 48.5 Å². The van der Waals surface area contributed by atoms with Crippen LogP contribution in [0.5, 0.6) is 5.75 Å². The van der Waals surface area contributed by atoms with Gasteiger partial charge in [-0.25, -0.2) is 9.18 Å². The molecule has 160 valence electrons. The van der Waals surface area contributed by atoms with Gasteiger partial charge in [-0.05, 0) is 49.2 Å². The minimum Gasteiger partial charge on any atom is -0.492 e. The van der Waals surface area contributed by atoms with Gasteiger partial charge in [0.25, 0.3) is 11.8 Å². The van der Waals surface area contributed by atoms with E-state index >= 15 is 0 Å². The van der Waals surface area contributed by atoms with Gasteiger partial charge in [-0.15, -0.1) is 0 Å². The Labute approximate surface area is 174 Å². The zero-order valence-corrected chi connectivity index (χ0v) is 17.1. The Bertz CT molecular complexity index is 883. The van der Waals surface area contributed by atoms with Crippen LogP contribution in [0.3, 0.4) is 0 Å². The summed E-state index contributed by atoms with van der Waals surface area (Å²) >= 11 is 0. The van der Waals surface area contributed by atoms with Crippen molar-refractivity contribution >= 4 is 23.5 Å². The van der Waals surface area contributed by atoms with Crippen molar-refractivity contribution in [2.75, 3.05) is 18.5 Å². The molecule has 30 heavy (non-hydrogen) atoms. The molecule has 7 nitrogen and oxygen atoms in total. The lowest BCUT2D eigenvalue weighted by Gasteiger charge is -2.21. The fourth-order valence-electron chi connectivity index (χ4n) is 2.59. The van der Waals surface area contributed by atoms with E-state index in [2.05, 4.69) is 10.6 Å². The van der Waals surface area contributed by atoms with Crippen molar-refractivity contribution in [3.63, 3.8) is 0 Å². The van der Waals surface area contributed by atoms with Gasteiger partial charge in [0, 0.05) is 5.56 Å². The Morgan fingerprint density at radius 1 is 1.03 bits per heavy atom. The highest BCUT2D eigenvalue weighted by molar-refractivity contribution is 5.97. The first kappa shape index (κ1) is 22.9. The van der Waals surface area contributed by atoms with Crippen LogP contribution in [0, 0.1) is 11.7 Å². The first-order valence-electron chi connectivity index (χ1n) is 9.56. The fraction of sp³-hybridized carbons (Fsp3) is 0.318. The second kappa shape index (κ2) is 10.9. The van der Waals surface area contributed by atoms with Gasteiger partial charge in [0.05, 0.1) is 12.3 Å². The summed E-state index contributed by atoms with van der Waals surface area (Å²) in [6, 6.07) is 10.9. The van der Waals surface area contributed by atoms with E-state index in [-0.39, 0.29) is 11.5 Å². The number of para-hydroxylation sites is 2. The first-order chi connectivity index (χ1) is 14.3. The van der Waals surface area contributed by atoms with Gasteiger partial charge in [-0.3, -0.25) is 9.59 Å². The van der Waals surface area contributed by atoms with Crippen LogP contribution in [0.25, 0.3) is 0 Å². The molecule has 2 amide bonds.